The van der Waals surface area contributed by atoms with Gasteiger partial charge < -0.3 is 19.4 Å². The van der Waals surface area contributed by atoms with Crippen LogP contribution in [0, 0.1) is 0 Å². The van der Waals surface area contributed by atoms with Crippen LogP contribution < -0.4 is 56.5 Å². The molecular formula is C13H13KO6. The van der Waals surface area contributed by atoms with E-state index in [-0.39, 0.29) is 81.3 Å². The molecule has 0 saturated carbocycles. The Kier molecular flexibility index (Phi) is 8.91. The summed E-state index contributed by atoms with van der Waals surface area (Å²) in [6.07, 6.45) is 0. The van der Waals surface area contributed by atoms with Crippen LogP contribution in [0.5, 0.6) is 0 Å². The minimum absolute atomic E-state index is 0. The van der Waals surface area contributed by atoms with E-state index in [1.165, 1.54) is 6.07 Å². The summed E-state index contributed by atoms with van der Waals surface area (Å²) in [7, 11) is 0. The van der Waals surface area contributed by atoms with E-state index in [4.69, 9.17) is 9.47 Å². The summed E-state index contributed by atoms with van der Waals surface area (Å²) in [5.41, 5.74) is -0.355. The van der Waals surface area contributed by atoms with Gasteiger partial charge in [-0.25, -0.2) is 9.59 Å². The fraction of sp³-hybridized carbons (Fsp3) is 0.308. The van der Waals surface area contributed by atoms with Crippen molar-refractivity contribution in [1.29, 1.82) is 0 Å². The van der Waals surface area contributed by atoms with E-state index in [1.54, 1.807) is 13.8 Å². The average molecular weight is 304 g/mol. The number of hydrogen-bond acceptors (Lipinski definition) is 6. The zero-order valence-corrected chi connectivity index (χ0v) is 14.7. The second-order valence-electron chi connectivity index (χ2n) is 3.53. The van der Waals surface area contributed by atoms with Gasteiger partial charge in [-0.05, 0) is 37.6 Å². The first kappa shape index (κ1) is 19.3. The van der Waals surface area contributed by atoms with Crippen molar-refractivity contribution in [2.24, 2.45) is 0 Å². The number of carbonyl (C=O) groups is 3. The summed E-state index contributed by atoms with van der Waals surface area (Å²) in [6, 6.07) is 3.41. The predicted molar refractivity (Wildman–Crippen MR) is 62.7 cm³/mol. The van der Waals surface area contributed by atoms with E-state index in [0.717, 1.165) is 12.1 Å². The SMILES string of the molecule is CCOC(=O)c1cc(C(=O)[O-])cc(C(=O)OCC)c1.[K+]. The molecule has 20 heavy (non-hydrogen) atoms. The van der Waals surface area contributed by atoms with Gasteiger partial charge in [-0.15, -0.1) is 0 Å². The number of rotatable bonds is 5. The largest absolute Gasteiger partial charge is 1.00 e. The van der Waals surface area contributed by atoms with Crippen molar-refractivity contribution in [3.63, 3.8) is 0 Å². The molecule has 0 spiro atoms. The molecule has 1 aromatic carbocycles. The molecule has 0 fully saturated rings. The van der Waals surface area contributed by atoms with Crippen molar-refractivity contribution in [1.82, 2.24) is 0 Å². The first-order chi connectivity index (χ1) is 8.99. The molecule has 6 nitrogen and oxygen atoms in total. The smallest absolute Gasteiger partial charge is 0.545 e. The molecule has 7 heteroatoms. The van der Waals surface area contributed by atoms with Crippen LogP contribution in [0.4, 0.5) is 0 Å². The van der Waals surface area contributed by atoms with E-state index < -0.39 is 17.9 Å². The molecule has 0 saturated heterocycles. The monoisotopic (exact) mass is 304 g/mol. The summed E-state index contributed by atoms with van der Waals surface area (Å²) in [4.78, 5) is 34.0. The van der Waals surface area contributed by atoms with Gasteiger partial charge in [0.15, 0.2) is 0 Å². The van der Waals surface area contributed by atoms with Crippen LogP contribution in [0.15, 0.2) is 18.2 Å². The molecule has 1 aromatic rings. The number of carboxylic acid groups (broad SMARTS) is 1. The molecule has 0 unspecified atom stereocenters. The maximum atomic E-state index is 11.6. The number of esters is 2. The normalized spacial score (nSPS) is 9.30. The van der Waals surface area contributed by atoms with Crippen molar-refractivity contribution < 1.29 is 80.3 Å². The van der Waals surface area contributed by atoms with Crippen LogP contribution in [0.3, 0.4) is 0 Å². The van der Waals surface area contributed by atoms with Gasteiger partial charge >= 0.3 is 63.3 Å². The molecule has 0 aliphatic heterocycles. The fourth-order valence-electron chi connectivity index (χ4n) is 1.41. The Bertz CT molecular complexity index is 475. The van der Waals surface area contributed by atoms with E-state index >= 15 is 0 Å². The summed E-state index contributed by atoms with van der Waals surface area (Å²) < 4.78 is 9.51. The first-order valence-corrected chi connectivity index (χ1v) is 5.70. The summed E-state index contributed by atoms with van der Waals surface area (Å²) in [5.74, 6) is -2.91. The minimum Gasteiger partial charge on any atom is -0.545 e. The Morgan fingerprint density at radius 2 is 1.25 bits per heavy atom. The van der Waals surface area contributed by atoms with Crippen molar-refractivity contribution in [3.8, 4) is 0 Å². The first-order valence-electron chi connectivity index (χ1n) is 5.70. The molecule has 1 rings (SSSR count). The maximum Gasteiger partial charge on any atom is 1.00 e. The molecular weight excluding hydrogens is 291 g/mol. The molecule has 0 aliphatic carbocycles. The van der Waals surface area contributed by atoms with Gasteiger partial charge in [0.05, 0.1) is 30.3 Å². The molecule has 0 N–H and O–H groups in total. The Morgan fingerprint density at radius 1 is 0.900 bits per heavy atom. The van der Waals surface area contributed by atoms with Crippen LogP contribution in [0.1, 0.15) is 44.9 Å². The van der Waals surface area contributed by atoms with Gasteiger partial charge in [-0.2, -0.15) is 0 Å². The van der Waals surface area contributed by atoms with Crippen LogP contribution in [-0.2, 0) is 9.47 Å². The molecule has 0 heterocycles. The van der Waals surface area contributed by atoms with Crippen LogP contribution in [0.25, 0.3) is 0 Å². The van der Waals surface area contributed by atoms with Gasteiger partial charge in [0.1, 0.15) is 0 Å². The molecule has 0 aromatic heterocycles. The molecule has 0 radical (unpaired) electrons. The molecule has 0 bridgehead atoms. The van der Waals surface area contributed by atoms with E-state index in [9.17, 15) is 19.5 Å². The standard InChI is InChI=1S/C13H14O6.K/c1-3-18-12(16)9-5-8(11(14)15)6-10(7-9)13(17)19-4-2;/h5-7H,3-4H2,1-2H3,(H,14,15);/q;+1/p-1. The van der Waals surface area contributed by atoms with E-state index in [0.29, 0.717) is 0 Å². The minimum atomic E-state index is -1.49. The Labute approximate surface area is 158 Å². The zero-order chi connectivity index (χ0) is 14.4. The van der Waals surface area contributed by atoms with Gasteiger partial charge in [-0.3, -0.25) is 0 Å². The number of hydrogen-bond donors (Lipinski definition) is 0. The Hall–Kier alpha value is -0.734. The number of aromatic carboxylic acids is 1. The van der Waals surface area contributed by atoms with Gasteiger partial charge in [0, 0.05) is 0 Å². The van der Waals surface area contributed by atoms with Crippen LogP contribution >= 0.6 is 0 Å². The topological polar surface area (TPSA) is 92.7 Å². The van der Waals surface area contributed by atoms with Crippen molar-refractivity contribution in [2.75, 3.05) is 13.2 Å². The number of carboxylic acids is 1. The summed E-state index contributed by atoms with van der Waals surface area (Å²) >= 11 is 0. The van der Waals surface area contributed by atoms with E-state index in [2.05, 4.69) is 0 Å². The third kappa shape index (κ3) is 5.33. The third-order valence-electron chi connectivity index (χ3n) is 2.19. The molecule has 0 aliphatic rings. The predicted octanol–water partition coefficient (Wildman–Crippen LogP) is -2.59. The number of ether oxygens (including phenoxy) is 2. The Balaban J connectivity index is 0.00000361. The average Bonchev–Trinajstić information content (AvgIpc) is 2.38. The quantitative estimate of drug-likeness (QED) is 0.438. The second-order valence-corrected chi connectivity index (χ2v) is 3.53. The van der Waals surface area contributed by atoms with Gasteiger partial charge in [-0.1, -0.05) is 0 Å². The summed E-state index contributed by atoms with van der Waals surface area (Å²) in [6.45, 7) is 3.52. The van der Waals surface area contributed by atoms with Gasteiger partial charge in [0.2, 0.25) is 0 Å². The third-order valence-corrected chi connectivity index (χ3v) is 2.19. The Morgan fingerprint density at radius 3 is 1.55 bits per heavy atom. The van der Waals surface area contributed by atoms with Crippen LogP contribution in [-0.4, -0.2) is 31.1 Å². The van der Waals surface area contributed by atoms with Crippen molar-refractivity contribution >= 4 is 17.9 Å². The zero-order valence-electron chi connectivity index (χ0n) is 11.6. The van der Waals surface area contributed by atoms with E-state index in [1.807, 2.05) is 0 Å². The summed E-state index contributed by atoms with van der Waals surface area (Å²) in [5, 5.41) is 10.9. The van der Waals surface area contributed by atoms with Crippen molar-refractivity contribution in [2.45, 2.75) is 13.8 Å². The molecule has 0 atom stereocenters. The second kappa shape index (κ2) is 9.25. The fourth-order valence-corrected chi connectivity index (χ4v) is 1.41. The van der Waals surface area contributed by atoms with Crippen LogP contribution in [0.2, 0.25) is 0 Å². The van der Waals surface area contributed by atoms with Crippen molar-refractivity contribution in [3.05, 3.63) is 34.9 Å². The number of benzene rings is 1. The maximum absolute atomic E-state index is 11.6. The number of carbonyl (C=O) groups excluding carboxylic acids is 3. The van der Waals surface area contributed by atoms with Gasteiger partial charge in [0.25, 0.3) is 0 Å². The molecule has 0 amide bonds. The molecule has 102 valence electrons.